The molecule has 0 spiro atoms. The van der Waals surface area contributed by atoms with Gasteiger partial charge in [0.1, 0.15) is 5.75 Å². The van der Waals surface area contributed by atoms with Gasteiger partial charge in [0.05, 0.1) is 17.9 Å². The van der Waals surface area contributed by atoms with Crippen LogP contribution in [0.2, 0.25) is 0 Å². The minimum absolute atomic E-state index is 0.481. The van der Waals surface area contributed by atoms with E-state index in [9.17, 15) is 0 Å². The van der Waals surface area contributed by atoms with Crippen molar-refractivity contribution in [3.63, 3.8) is 0 Å². The Bertz CT molecular complexity index is 795. The molecule has 0 saturated carbocycles. The molecule has 0 saturated heterocycles. The van der Waals surface area contributed by atoms with Gasteiger partial charge in [-0.05, 0) is 29.8 Å². The van der Waals surface area contributed by atoms with E-state index < -0.39 is 0 Å². The fourth-order valence-corrected chi connectivity index (χ4v) is 2.71. The Morgan fingerprint density at radius 1 is 1.19 bits per heavy atom. The molecule has 0 aliphatic carbocycles. The average molecular weight is 278 g/mol. The van der Waals surface area contributed by atoms with Crippen molar-refractivity contribution in [3.05, 3.63) is 48.3 Å². The predicted octanol–water partition coefficient (Wildman–Crippen LogP) is 2.66. The molecule has 104 valence electrons. The molecule has 0 amide bonds. The highest BCUT2D eigenvalue weighted by atomic mass is 16.5. The summed E-state index contributed by atoms with van der Waals surface area (Å²) in [6.07, 6.45) is 4.47. The monoisotopic (exact) mass is 278 g/mol. The molecule has 5 heteroatoms. The molecule has 0 fully saturated rings. The number of pyridine rings is 1. The van der Waals surface area contributed by atoms with Crippen molar-refractivity contribution in [1.29, 1.82) is 0 Å². The lowest BCUT2D eigenvalue weighted by molar-refractivity contribution is 0.357. The van der Waals surface area contributed by atoms with Gasteiger partial charge in [-0.25, -0.2) is 0 Å². The molecule has 2 aromatic heterocycles. The first-order valence-corrected chi connectivity index (χ1v) is 6.83. The number of ether oxygens (including phenoxy) is 1. The van der Waals surface area contributed by atoms with Crippen LogP contribution in [0.1, 0.15) is 5.56 Å². The number of hydrogen-bond acceptors (Lipinski definition) is 4. The van der Waals surface area contributed by atoms with E-state index in [4.69, 9.17) is 10.5 Å². The summed E-state index contributed by atoms with van der Waals surface area (Å²) in [5.41, 5.74) is 11.1. The second-order valence-corrected chi connectivity index (χ2v) is 5.02. The van der Waals surface area contributed by atoms with Crippen molar-refractivity contribution < 1.29 is 4.74 Å². The second kappa shape index (κ2) is 4.63. The zero-order chi connectivity index (χ0) is 14.2. The molecule has 0 unspecified atom stereocenters. The van der Waals surface area contributed by atoms with Crippen molar-refractivity contribution in [2.45, 2.75) is 6.42 Å². The van der Waals surface area contributed by atoms with Gasteiger partial charge in [-0.3, -0.25) is 10.1 Å². The molecule has 3 aromatic rings. The first-order valence-electron chi connectivity index (χ1n) is 6.83. The molecule has 1 aliphatic heterocycles. The maximum Gasteiger partial charge on any atom is 0.153 e. The third kappa shape index (κ3) is 1.94. The second-order valence-electron chi connectivity index (χ2n) is 5.02. The quantitative estimate of drug-likeness (QED) is 0.755. The first kappa shape index (κ1) is 12.0. The number of hydrogen-bond donors (Lipinski definition) is 2. The predicted molar refractivity (Wildman–Crippen MR) is 80.9 cm³/mol. The number of rotatable bonds is 2. The van der Waals surface area contributed by atoms with Crippen molar-refractivity contribution in [1.82, 2.24) is 15.2 Å². The van der Waals surface area contributed by atoms with Crippen LogP contribution in [0.3, 0.4) is 0 Å². The Labute approximate surface area is 121 Å². The summed E-state index contributed by atoms with van der Waals surface area (Å²) < 4.78 is 5.55. The number of benzene rings is 1. The summed E-state index contributed by atoms with van der Waals surface area (Å²) in [5.74, 6) is 1.45. The van der Waals surface area contributed by atoms with Crippen LogP contribution >= 0.6 is 0 Å². The number of aromatic amines is 1. The molecule has 3 N–H and O–H groups in total. The zero-order valence-corrected chi connectivity index (χ0v) is 11.3. The first-order chi connectivity index (χ1) is 10.3. The van der Waals surface area contributed by atoms with Crippen molar-refractivity contribution in [3.8, 4) is 28.1 Å². The summed E-state index contributed by atoms with van der Waals surface area (Å²) in [7, 11) is 0. The topological polar surface area (TPSA) is 76.8 Å². The molecule has 0 radical (unpaired) electrons. The van der Waals surface area contributed by atoms with E-state index in [0.29, 0.717) is 5.82 Å². The van der Waals surface area contributed by atoms with Crippen LogP contribution in [0.15, 0.2) is 42.7 Å². The van der Waals surface area contributed by atoms with Crippen LogP contribution < -0.4 is 10.5 Å². The molecule has 3 heterocycles. The maximum atomic E-state index is 6.03. The maximum absolute atomic E-state index is 6.03. The van der Waals surface area contributed by atoms with E-state index in [-0.39, 0.29) is 0 Å². The lowest BCUT2D eigenvalue weighted by atomic mass is 10.00. The molecule has 5 nitrogen and oxygen atoms in total. The SMILES string of the molecule is Nc1n[nH]c(-c2ccc3c(c2)CCO3)c1-c1cccnc1. The standard InChI is InChI=1S/C16H14N4O/c17-16-14(12-2-1-6-18-9-12)15(19-20-16)11-3-4-13-10(8-11)5-7-21-13/h1-4,6,8-9H,5,7H2,(H3,17,19,20). The molecule has 0 bridgehead atoms. The van der Waals surface area contributed by atoms with E-state index in [0.717, 1.165) is 41.2 Å². The third-order valence-electron chi connectivity index (χ3n) is 3.72. The van der Waals surface area contributed by atoms with Gasteiger partial charge in [0.2, 0.25) is 0 Å². The van der Waals surface area contributed by atoms with Crippen LogP contribution in [0.5, 0.6) is 5.75 Å². The van der Waals surface area contributed by atoms with Gasteiger partial charge < -0.3 is 10.5 Å². The number of nitrogens with zero attached hydrogens (tertiary/aromatic N) is 2. The minimum Gasteiger partial charge on any atom is -0.493 e. The van der Waals surface area contributed by atoms with Gasteiger partial charge in [0.25, 0.3) is 0 Å². The largest absolute Gasteiger partial charge is 0.493 e. The van der Waals surface area contributed by atoms with Crippen LogP contribution in [0, 0.1) is 0 Å². The number of nitrogen functional groups attached to an aromatic ring is 1. The van der Waals surface area contributed by atoms with Gasteiger partial charge in [-0.2, -0.15) is 5.10 Å². The lowest BCUT2D eigenvalue weighted by Gasteiger charge is -2.06. The number of nitrogens with two attached hydrogens (primary N) is 1. The lowest BCUT2D eigenvalue weighted by Crippen LogP contribution is -1.89. The molecule has 0 atom stereocenters. The van der Waals surface area contributed by atoms with Gasteiger partial charge in [0, 0.05) is 29.9 Å². The Kier molecular flexibility index (Phi) is 2.64. The van der Waals surface area contributed by atoms with Crippen LogP contribution in [0.25, 0.3) is 22.4 Å². The molecular weight excluding hydrogens is 264 g/mol. The van der Waals surface area contributed by atoms with Gasteiger partial charge >= 0.3 is 0 Å². The molecule has 4 rings (SSSR count). The zero-order valence-electron chi connectivity index (χ0n) is 11.3. The Morgan fingerprint density at radius 2 is 2.14 bits per heavy atom. The summed E-state index contributed by atoms with van der Waals surface area (Å²) in [6, 6.07) is 10.0. The Hall–Kier alpha value is -2.82. The van der Waals surface area contributed by atoms with Crippen LogP contribution in [-0.2, 0) is 6.42 Å². The highest BCUT2D eigenvalue weighted by molar-refractivity contribution is 5.87. The summed E-state index contributed by atoms with van der Waals surface area (Å²) in [5, 5.41) is 7.19. The number of aromatic nitrogens is 3. The van der Waals surface area contributed by atoms with Crippen LogP contribution in [0.4, 0.5) is 5.82 Å². The van der Waals surface area contributed by atoms with E-state index in [2.05, 4.69) is 21.2 Å². The average Bonchev–Trinajstić information content (AvgIpc) is 3.13. The van der Waals surface area contributed by atoms with E-state index in [1.807, 2.05) is 24.3 Å². The summed E-state index contributed by atoms with van der Waals surface area (Å²) in [6.45, 7) is 0.749. The number of H-pyrrole nitrogens is 1. The fourth-order valence-electron chi connectivity index (χ4n) is 2.71. The molecular formula is C16H14N4O. The van der Waals surface area contributed by atoms with E-state index >= 15 is 0 Å². The van der Waals surface area contributed by atoms with Crippen LogP contribution in [-0.4, -0.2) is 21.8 Å². The van der Waals surface area contributed by atoms with Gasteiger partial charge in [0.15, 0.2) is 5.82 Å². The van der Waals surface area contributed by atoms with Gasteiger partial charge in [-0.15, -0.1) is 0 Å². The van der Waals surface area contributed by atoms with E-state index in [1.54, 1.807) is 12.4 Å². The van der Waals surface area contributed by atoms with Crippen molar-refractivity contribution >= 4 is 5.82 Å². The van der Waals surface area contributed by atoms with E-state index in [1.165, 1.54) is 5.56 Å². The minimum atomic E-state index is 0.481. The molecule has 21 heavy (non-hydrogen) atoms. The van der Waals surface area contributed by atoms with Crippen molar-refractivity contribution in [2.75, 3.05) is 12.3 Å². The summed E-state index contributed by atoms with van der Waals surface area (Å²) in [4.78, 5) is 4.16. The Balaban J connectivity index is 1.87. The highest BCUT2D eigenvalue weighted by Gasteiger charge is 2.18. The Morgan fingerprint density at radius 3 is 3.00 bits per heavy atom. The number of fused-ring (bicyclic) bond motifs is 1. The van der Waals surface area contributed by atoms with Crippen molar-refractivity contribution in [2.24, 2.45) is 0 Å². The summed E-state index contributed by atoms with van der Waals surface area (Å²) >= 11 is 0. The number of anilines is 1. The third-order valence-corrected chi connectivity index (χ3v) is 3.72. The molecule has 1 aromatic carbocycles. The van der Waals surface area contributed by atoms with Gasteiger partial charge in [-0.1, -0.05) is 6.07 Å². The molecule has 1 aliphatic rings. The fraction of sp³-hybridized carbons (Fsp3) is 0.125. The normalized spacial score (nSPS) is 13.0. The highest BCUT2D eigenvalue weighted by Crippen LogP contribution is 2.36. The number of nitrogens with one attached hydrogen (secondary N) is 1. The smallest absolute Gasteiger partial charge is 0.153 e.